The van der Waals surface area contributed by atoms with Crippen molar-refractivity contribution in [2.24, 2.45) is 5.92 Å². The van der Waals surface area contributed by atoms with Gasteiger partial charge in [0.25, 0.3) is 0 Å². The van der Waals surface area contributed by atoms with Crippen molar-refractivity contribution in [1.82, 2.24) is 4.90 Å². The third-order valence-electron chi connectivity index (χ3n) is 6.43. The summed E-state index contributed by atoms with van der Waals surface area (Å²) in [6.07, 6.45) is 5.56. The predicted octanol–water partition coefficient (Wildman–Crippen LogP) is 1.89. The number of hydrogen-bond donors (Lipinski definition) is 1. The van der Waals surface area contributed by atoms with Crippen LogP contribution in [0.5, 0.6) is 11.5 Å². The summed E-state index contributed by atoms with van der Waals surface area (Å²) in [5.41, 5.74) is 2.62. The molecule has 23 heavy (non-hydrogen) atoms. The van der Waals surface area contributed by atoms with Gasteiger partial charge in [0.05, 0.1) is 6.61 Å². The molecule has 0 amide bonds. The van der Waals surface area contributed by atoms with Gasteiger partial charge in [0.15, 0.2) is 11.5 Å². The summed E-state index contributed by atoms with van der Waals surface area (Å²) in [5.74, 6) is 2.14. The van der Waals surface area contributed by atoms with E-state index in [0.717, 1.165) is 30.9 Å². The molecule has 4 heteroatoms. The van der Waals surface area contributed by atoms with Crippen molar-refractivity contribution < 1.29 is 14.6 Å². The van der Waals surface area contributed by atoms with Crippen molar-refractivity contribution in [2.75, 3.05) is 20.2 Å². The van der Waals surface area contributed by atoms with E-state index in [1.807, 2.05) is 19.1 Å². The number of benzene rings is 1. The lowest BCUT2D eigenvalue weighted by atomic mass is 9.53. The van der Waals surface area contributed by atoms with Crippen molar-refractivity contribution in [3.8, 4) is 11.5 Å². The Morgan fingerprint density at radius 1 is 1.39 bits per heavy atom. The van der Waals surface area contributed by atoms with Crippen molar-refractivity contribution in [1.29, 1.82) is 0 Å². The number of likely N-dealkylation sites (tertiary alicyclic amines) is 1. The van der Waals surface area contributed by atoms with E-state index in [2.05, 4.69) is 24.1 Å². The zero-order valence-electron chi connectivity index (χ0n) is 13.7. The van der Waals surface area contributed by atoms with E-state index in [0.29, 0.717) is 18.6 Å². The van der Waals surface area contributed by atoms with E-state index >= 15 is 0 Å². The van der Waals surface area contributed by atoms with Crippen LogP contribution in [0.4, 0.5) is 0 Å². The highest BCUT2D eigenvalue weighted by molar-refractivity contribution is 5.62. The van der Waals surface area contributed by atoms with Crippen LogP contribution in [-0.4, -0.2) is 48.5 Å². The van der Waals surface area contributed by atoms with Gasteiger partial charge >= 0.3 is 0 Å². The number of likely N-dealkylation sites (N-methyl/N-ethyl adjacent to an activating group) is 1. The number of nitrogens with zero attached hydrogens (tertiary/aromatic N) is 1. The zero-order chi connectivity index (χ0) is 15.8. The number of ether oxygens (including phenoxy) is 2. The van der Waals surface area contributed by atoms with Gasteiger partial charge in [-0.2, -0.15) is 0 Å². The van der Waals surface area contributed by atoms with Crippen molar-refractivity contribution in [2.45, 2.75) is 43.4 Å². The molecule has 5 atom stereocenters. The second-order valence-corrected chi connectivity index (χ2v) is 7.34. The fourth-order valence-corrected chi connectivity index (χ4v) is 5.50. The third-order valence-corrected chi connectivity index (χ3v) is 6.43. The summed E-state index contributed by atoms with van der Waals surface area (Å²) in [4.78, 5) is 2.48. The van der Waals surface area contributed by atoms with Crippen LogP contribution >= 0.6 is 0 Å². The molecule has 4 aliphatic rings. The number of rotatable bonds is 2. The Morgan fingerprint density at radius 3 is 3.09 bits per heavy atom. The average Bonchev–Trinajstić information content (AvgIpc) is 2.90. The van der Waals surface area contributed by atoms with E-state index in [1.165, 1.54) is 11.1 Å². The second-order valence-electron chi connectivity index (χ2n) is 7.34. The molecule has 2 aliphatic carbocycles. The van der Waals surface area contributed by atoms with Crippen molar-refractivity contribution in [3.63, 3.8) is 0 Å². The fourth-order valence-electron chi connectivity index (χ4n) is 5.50. The summed E-state index contributed by atoms with van der Waals surface area (Å²) in [7, 11) is 2.22. The first-order valence-electron chi connectivity index (χ1n) is 8.69. The number of hydrogen-bond acceptors (Lipinski definition) is 4. The van der Waals surface area contributed by atoms with Crippen LogP contribution in [0.3, 0.4) is 0 Å². The molecule has 122 valence electrons. The standard InChI is InChI=1S/C19H23NO3/c1-3-22-15-7-4-11-10-13-12-5-6-14(21)18-19(12,8-9-20(13)2)16(11)17(15)23-18/h4-7,12-14,18,21H,3,8-10H2,1-2H3/t12-,13-,14+,18-,19-/m1/s1. The first-order valence-corrected chi connectivity index (χ1v) is 8.69. The lowest BCUT2D eigenvalue weighted by Crippen LogP contribution is -2.64. The smallest absolute Gasteiger partial charge is 0.165 e. The summed E-state index contributed by atoms with van der Waals surface area (Å²) in [6, 6.07) is 4.75. The van der Waals surface area contributed by atoms with Gasteiger partial charge in [0, 0.05) is 22.9 Å². The molecule has 0 unspecified atom stereocenters. The van der Waals surface area contributed by atoms with E-state index in [1.54, 1.807) is 0 Å². The minimum atomic E-state index is -0.539. The van der Waals surface area contributed by atoms with Gasteiger partial charge in [-0.15, -0.1) is 0 Å². The molecular weight excluding hydrogens is 290 g/mol. The topological polar surface area (TPSA) is 41.9 Å². The zero-order valence-corrected chi connectivity index (χ0v) is 13.7. The molecule has 1 aromatic carbocycles. The number of piperidine rings is 1. The molecule has 2 aliphatic heterocycles. The summed E-state index contributed by atoms with van der Waals surface area (Å²) in [6.45, 7) is 3.68. The highest BCUT2D eigenvalue weighted by Gasteiger charge is 2.64. The highest BCUT2D eigenvalue weighted by Crippen LogP contribution is 2.62. The summed E-state index contributed by atoms with van der Waals surface area (Å²) >= 11 is 0. The normalized spacial score (nSPS) is 39.8. The van der Waals surface area contributed by atoms with Crippen LogP contribution in [0.1, 0.15) is 24.5 Å². The van der Waals surface area contributed by atoms with Gasteiger partial charge in [-0.25, -0.2) is 0 Å². The maximum absolute atomic E-state index is 10.6. The van der Waals surface area contributed by atoms with E-state index in [9.17, 15) is 5.11 Å². The molecule has 1 spiro atoms. The molecule has 1 saturated heterocycles. The Morgan fingerprint density at radius 2 is 2.26 bits per heavy atom. The highest BCUT2D eigenvalue weighted by atomic mass is 16.5. The Balaban J connectivity index is 1.78. The first-order chi connectivity index (χ1) is 11.2. The van der Waals surface area contributed by atoms with Crippen LogP contribution in [0.25, 0.3) is 0 Å². The molecular formula is C19H23NO3. The summed E-state index contributed by atoms with van der Waals surface area (Å²) in [5, 5.41) is 10.6. The Kier molecular flexibility index (Phi) is 2.73. The molecule has 0 radical (unpaired) electrons. The van der Waals surface area contributed by atoms with Crippen LogP contribution in [0, 0.1) is 5.92 Å². The van der Waals surface area contributed by atoms with Crippen LogP contribution in [0.15, 0.2) is 24.3 Å². The predicted molar refractivity (Wildman–Crippen MR) is 87.1 cm³/mol. The lowest BCUT2D eigenvalue weighted by Gasteiger charge is -2.56. The molecule has 0 aromatic heterocycles. The van der Waals surface area contributed by atoms with Gasteiger partial charge in [0.1, 0.15) is 12.2 Å². The second kappa shape index (κ2) is 4.52. The minimum absolute atomic E-state index is 0.0820. The van der Waals surface area contributed by atoms with Crippen molar-refractivity contribution >= 4 is 0 Å². The van der Waals surface area contributed by atoms with Crippen LogP contribution < -0.4 is 9.47 Å². The molecule has 1 fully saturated rings. The Bertz CT molecular complexity index is 700. The number of aliphatic hydroxyl groups is 1. The minimum Gasteiger partial charge on any atom is -0.490 e. The van der Waals surface area contributed by atoms with E-state index < -0.39 is 6.10 Å². The fraction of sp³-hybridized carbons (Fsp3) is 0.579. The van der Waals surface area contributed by atoms with Crippen molar-refractivity contribution in [3.05, 3.63) is 35.4 Å². The third kappa shape index (κ3) is 1.54. The largest absolute Gasteiger partial charge is 0.490 e. The van der Waals surface area contributed by atoms with E-state index in [-0.39, 0.29) is 11.5 Å². The molecule has 2 heterocycles. The Labute approximate surface area is 136 Å². The SMILES string of the molecule is CCOc1ccc2c3c1O[C@@H]1[C@@H](O)C=C[C@@H]4[C@@H](C2)N(C)CC[C@]341. The van der Waals surface area contributed by atoms with Gasteiger partial charge in [-0.1, -0.05) is 18.2 Å². The molecule has 5 rings (SSSR count). The molecule has 1 aromatic rings. The number of aliphatic hydroxyl groups excluding tert-OH is 1. The maximum Gasteiger partial charge on any atom is 0.165 e. The molecule has 1 N–H and O–H groups in total. The Hall–Kier alpha value is -1.52. The maximum atomic E-state index is 10.6. The first kappa shape index (κ1) is 13.9. The quantitative estimate of drug-likeness (QED) is 0.847. The molecule has 4 nitrogen and oxygen atoms in total. The molecule has 2 bridgehead atoms. The summed E-state index contributed by atoms with van der Waals surface area (Å²) < 4.78 is 12.2. The van der Waals surface area contributed by atoms with Crippen LogP contribution in [0.2, 0.25) is 0 Å². The lowest BCUT2D eigenvalue weighted by molar-refractivity contribution is -0.0453. The monoisotopic (exact) mass is 313 g/mol. The van der Waals surface area contributed by atoms with Gasteiger partial charge < -0.3 is 19.5 Å². The van der Waals surface area contributed by atoms with E-state index in [4.69, 9.17) is 9.47 Å². The van der Waals surface area contributed by atoms with Gasteiger partial charge in [-0.3, -0.25) is 0 Å². The van der Waals surface area contributed by atoms with Gasteiger partial charge in [-0.05, 0) is 45.0 Å². The molecule has 0 saturated carbocycles. The van der Waals surface area contributed by atoms with Crippen LogP contribution in [-0.2, 0) is 11.8 Å². The van der Waals surface area contributed by atoms with Gasteiger partial charge in [0.2, 0.25) is 0 Å². The average molecular weight is 313 g/mol.